The number of likely N-dealkylation sites (tertiary alicyclic amines) is 1. The topological polar surface area (TPSA) is 64.7 Å². The maximum absolute atomic E-state index is 13.2. The monoisotopic (exact) mass is 406 g/mol. The lowest BCUT2D eigenvalue weighted by molar-refractivity contribution is 0.0793. The molecule has 2 N–H and O–H groups in total. The fourth-order valence-electron chi connectivity index (χ4n) is 4.40. The van der Waals surface area contributed by atoms with Crippen molar-refractivity contribution in [3.05, 3.63) is 53.1 Å². The zero-order chi connectivity index (χ0) is 21.1. The largest absolute Gasteiger partial charge is 0.371 e. The van der Waals surface area contributed by atoms with E-state index in [0.717, 1.165) is 74.4 Å². The summed E-state index contributed by atoms with van der Waals surface area (Å²) in [5.74, 6) is 0.0632. The fraction of sp³-hybridized carbons (Fsp3) is 0.417. The number of benzene rings is 2. The van der Waals surface area contributed by atoms with Gasteiger partial charge in [-0.15, -0.1) is 0 Å². The van der Waals surface area contributed by atoms with E-state index in [1.54, 1.807) is 0 Å². The van der Waals surface area contributed by atoms with Crippen LogP contribution in [0.15, 0.2) is 36.4 Å². The van der Waals surface area contributed by atoms with Gasteiger partial charge in [-0.25, -0.2) is 4.79 Å². The Labute approximate surface area is 178 Å². The lowest BCUT2D eigenvalue weighted by Crippen LogP contribution is -2.30. The first-order valence-electron chi connectivity index (χ1n) is 10.9. The molecule has 3 amide bonds. The Balaban J connectivity index is 1.56. The molecule has 2 aliphatic heterocycles. The zero-order valence-corrected chi connectivity index (χ0v) is 17.8. The molecule has 6 heteroatoms. The third-order valence-corrected chi connectivity index (χ3v) is 6.04. The van der Waals surface area contributed by atoms with Crippen LogP contribution in [0, 0.1) is 13.8 Å². The number of amides is 3. The maximum atomic E-state index is 13.2. The molecule has 30 heavy (non-hydrogen) atoms. The van der Waals surface area contributed by atoms with Crippen LogP contribution in [0.25, 0.3) is 0 Å². The number of carbonyl (C=O) groups excluding carboxylic acids is 2. The summed E-state index contributed by atoms with van der Waals surface area (Å²) in [4.78, 5) is 30.1. The molecule has 0 bridgehead atoms. The van der Waals surface area contributed by atoms with Gasteiger partial charge in [0.1, 0.15) is 0 Å². The maximum Gasteiger partial charge on any atom is 0.323 e. The Morgan fingerprint density at radius 1 is 0.833 bits per heavy atom. The summed E-state index contributed by atoms with van der Waals surface area (Å²) in [5.41, 5.74) is 5.13. The van der Waals surface area contributed by atoms with Crippen LogP contribution in [0.4, 0.5) is 21.9 Å². The molecular weight excluding hydrogens is 376 g/mol. The van der Waals surface area contributed by atoms with E-state index in [0.29, 0.717) is 11.3 Å². The lowest BCUT2D eigenvalue weighted by atomic mass is 10.1. The van der Waals surface area contributed by atoms with Crippen molar-refractivity contribution in [2.75, 3.05) is 41.7 Å². The number of rotatable bonds is 4. The molecule has 2 aliphatic rings. The highest BCUT2D eigenvalue weighted by molar-refractivity contribution is 6.04. The van der Waals surface area contributed by atoms with E-state index in [2.05, 4.69) is 15.5 Å². The summed E-state index contributed by atoms with van der Waals surface area (Å²) in [6.45, 7) is 7.51. The smallest absolute Gasteiger partial charge is 0.323 e. The Morgan fingerprint density at radius 3 is 2.13 bits per heavy atom. The molecule has 158 valence electrons. The van der Waals surface area contributed by atoms with Gasteiger partial charge in [0.05, 0.1) is 5.56 Å². The van der Waals surface area contributed by atoms with E-state index < -0.39 is 0 Å². The van der Waals surface area contributed by atoms with Crippen molar-refractivity contribution in [1.82, 2.24) is 4.90 Å². The Kier molecular flexibility index (Phi) is 5.93. The van der Waals surface area contributed by atoms with Crippen LogP contribution in [0.3, 0.4) is 0 Å². The molecule has 6 nitrogen and oxygen atoms in total. The van der Waals surface area contributed by atoms with Crippen LogP contribution >= 0.6 is 0 Å². The van der Waals surface area contributed by atoms with Gasteiger partial charge in [-0.05, 0) is 68.9 Å². The van der Waals surface area contributed by atoms with Crippen molar-refractivity contribution in [2.24, 2.45) is 0 Å². The van der Waals surface area contributed by atoms with Crippen LogP contribution < -0.4 is 15.5 Å². The minimum absolute atomic E-state index is 0.0632. The van der Waals surface area contributed by atoms with E-state index >= 15 is 0 Å². The van der Waals surface area contributed by atoms with Gasteiger partial charge in [0, 0.05) is 43.2 Å². The number of nitrogens with one attached hydrogen (secondary N) is 2. The standard InChI is InChI=1S/C24H30N4O2/c1-17-8-7-9-18(2)22(17)26-24(30)25-19-10-11-21(27-12-3-4-13-27)20(16-19)23(29)28-14-5-6-15-28/h7-11,16H,3-6,12-15H2,1-2H3,(H2,25,26,30). The summed E-state index contributed by atoms with van der Waals surface area (Å²) in [7, 11) is 0. The molecule has 4 rings (SSSR count). The highest BCUT2D eigenvalue weighted by Crippen LogP contribution is 2.30. The average molecular weight is 407 g/mol. The molecule has 0 spiro atoms. The van der Waals surface area contributed by atoms with Crippen molar-refractivity contribution >= 4 is 29.0 Å². The van der Waals surface area contributed by atoms with Gasteiger partial charge in [-0.2, -0.15) is 0 Å². The molecule has 0 atom stereocenters. The summed E-state index contributed by atoms with van der Waals surface area (Å²) in [6.07, 6.45) is 4.41. The number of anilines is 3. The number of hydrogen-bond acceptors (Lipinski definition) is 3. The SMILES string of the molecule is Cc1cccc(C)c1NC(=O)Nc1ccc(N2CCCC2)c(C(=O)N2CCCC2)c1. The van der Waals surface area contributed by atoms with Gasteiger partial charge >= 0.3 is 6.03 Å². The van der Waals surface area contributed by atoms with Crippen LogP contribution in [-0.2, 0) is 0 Å². The number of hydrogen-bond donors (Lipinski definition) is 2. The first-order chi connectivity index (χ1) is 14.5. The van der Waals surface area contributed by atoms with Crippen LogP contribution in [0.5, 0.6) is 0 Å². The van der Waals surface area contributed by atoms with Crippen molar-refractivity contribution < 1.29 is 9.59 Å². The molecule has 0 saturated carbocycles. The lowest BCUT2D eigenvalue weighted by Gasteiger charge is -2.24. The van der Waals surface area contributed by atoms with Crippen molar-refractivity contribution in [2.45, 2.75) is 39.5 Å². The second kappa shape index (κ2) is 8.78. The molecule has 0 aromatic heterocycles. The average Bonchev–Trinajstić information content (AvgIpc) is 3.44. The van der Waals surface area contributed by atoms with Gasteiger partial charge in [0.25, 0.3) is 5.91 Å². The van der Waals surface area contributed by atoms with Gasteiger partial charge in [0.2, 0.25) is 0 Å². The molecule has 2 aromatic rings. The second-order valence-electron chi connectivity index (χ2n) is 8.27. The van der Waals surface area contributed by atoms with Crippen molar-refractivity contribution in [1.29, 1.82) is 0 Å². The van der Waals surface area contributed by atoms with Gasteiger partial charge in [-0.3, -0.25) is 4.79 Å². The molecule has 0 radical (unpaired) electrons. The van der Waals surface area contributed by atoms with Crippen molar-refractivity contribution in [3.8, 4) is 0 Å². The highest BCUT2D eigenvalue weighted by atomic mass is 16.2. The van der Waals surface area contributed by atoms with Gasteiger partial charge < -0.3 is 20.4 Å². The van der Waals surface area contributed by atoms with E-state index in [1.165, 1.54) is 0 Å². The molecule has 0 aliphatic carbocycles. The normalized spacial score (nSPS) is 16.1. The Bertz CT molecular complexity index is 924. The first-order valence-corrected chi connectivity index (χ1v) is 10.9. The third kappa shape index (κ3) is 4.27. The highest BCUT2D eigenvalue weighted by Gasteiger charge is 2.25. The van der Waals surface area contributed by atoms with E-state index in [-0.39, 0.29) is 11.9 Å². The Hall–Kier alpha value is -3.02. The minimum atomic E-state index is -0.305. The fourth-order valence-corrected chi connectivity index (χ4v) is 4.40. The first kappa shape index (κ1) is 20.3. The molecule has 2 heterocycles. The molecule has 2 saturated heterocycles. The predicted molar refractivity (Wildman–Crippen MR) is 122 cm³/mol. The Morgan fingerprint density at radius 2 is 1.47 bits per heavy atom. The number of urea groups is 1. The van der Waals surface area contributed by atoms with Crippen LogP contribution in [-0.4, -0.2) is 43.0 Å². The quantitative estimate of drug-likeness (QED) is 0.768. The van der Waals surface area contributed by atoms with E-state index in [1.807, 2.05) is 55.1 Å². The summed E-state index contributed by atoms with van der Waals surface area (Å²) in [5, 5.41) is 5.85. The van der Waals surface area contributed by atoms with Crippen molar-refractivity contribution in [3.63, 3.8) is 0 Å². The molecule has 2 fully saturated rings. The van der Waals surface area contributed by atoms with Gasteiger partial charge in [0.15, 0.2) is 0 Å². The predicted octanol–water partition coefficient (Wildman–Crippen LogP) is 4.78. The zero-order valence-electron chi connectivity index (χ0n) is 17.8. The number of aryl methyl sites for hydroxylation is 2. The van der Waals surface area contributed by atoms with E-state index in [9.17, 15) is 9.59 Å². The number of para-hydroxylation sites is 1. The molecular formula is C24H30N4O2. The van der Waals surface area contributed by atoms with Crippen LogP contribution in [0.1, 0.15) is 47.2 Å². The number of nitrogens with zero attached hydrogens (tertiary/aromatic N) is 2. The summed E-state index contributed by atoms with van der Waals surface area (Å²) >= 11 is 0. The molecule has 0 unspecified atom stereocenters. The van der Waals surface area contributed by atoms with E-state index in [4.69, 9.17) is 0 Å². The third-order valence-electron chi connectivity index (χ3n) is 6.04. The summed E-state index contributed by atoms with van der Waals surface area (Å²) < 4.78 is 0. The second-order valence-corrected chi connectivity index (χ2v) is 8.27. The minimum Gasteiger partial charge on any atom is -0.371 e. The van der Waals surface area contributed by atoms with Crippen LogP contribution in [0.2, 0.25) is 0 Å². The summed E-state index contributed by atoms with van der Waals surface area (Å²) in [6, 6.07) is 11.3. The van der Waals surface area contributed by atoms with Gasteiger partial charge in [-0.1, -0.05) is 18.2 Å². The molecule has 2 aromatic carbocycles. The number of carbonyl (C=O) groups is 2.